The molecule has 102 valence electrons. The fourth-order valence-corrected chi connectivity index (χ4v) is 1.29. The Bertz CT molecular complexity index is 503. The number of hydrogen-bond donors (Lipinski definition) is 4. The maximum atomic E-state index is 11.6. The third kappa shape index (κ3) is 4.62. The van der Waals surface area contributed by atoms with Crippen LogP contribution in [-0.4, -0.2) is 39.2 Å². The molecule has 0 bridgehead atoms. The zero-order chi connectivity index (χ0) is 14.4. The van der Waals surface area contributed by atoms with Crippen LogP contribution in [0.3, 0.4) is 0 Å². The molecule has 1 heterocycles. The Morgan fingerprint density at radius 3 is 2.58 bits per heavy atom. The normalized spacial score (nSPS) is 11.4. The van der Waals surface area contributed by atoms with E-state index in [1.54, 1.807) is 19.2 Å². The van der Waals surface area contributed by atoms with Crippen LogP contribution >= 0.6 is 0 Å². The Labute approximate surface area is 108 Å². The molecule has 2 amide bonds. The van der Waals surface area contributed by atoms with Gasteiger partial charge in [-0.2, -0.15) is 0 Å². The standard InChI is InChI=1S/C11H13N3O5/c1-6-2-3-12-5-8(6)14-11(19)13-7(10(17)18)4-9(15)16/h2-3,5,7H,4H2,1H3,(H,15,16)(H,17,18)(H2,13,14,19). The van der Waals surface area contributed by atoms with Gasteiger partial charge in [0.15, 0.2) is 0 Å². The van der Waals surface area contributed by atoms with E-state index in [2.05, 4.69) is 15.6 Å². The minimum atomic E-state index is -1.49. The van der Waals surface area contributed by atoms with E-state index in [4.69, 9.17) is 10.2 Å². The van der Waals surface area contributed by atoms with Crippen molar-refractivity contribution in [1.29, 1.82) is 0 Å². The molecule has 4 N–H and O–H groups in total. The number of carbonyl (C=O) groups is 3. The van der Waals surface area contributed by atoms with Crippen LogP contribution in [0.1, 0.15) is 12.0 Å². The van der Waals surface area contributed by atoms with Crippen LogP contribution in [0.2, 0.25) is 0 Å². The smallest absolute Gasteiger partial charge is 0.326 e. The summed E-state index contributed by atoms with van der Waals surface area (Å²) in [6.07, 6.45) is 2.25. The van der Waals surface area contributed by atoms with E-state index in [1.165, 1.54) is 6.20 Å². The number of nitrogens with zero attached hydrogens (tertiary/aromatic N) is 1. The molecular formula is C11H13N3O5. The van der Waals surface area contributed by atoms with Crippen molar-refractivity contribution in [2.45, 2.75) is 19.4 Å². The van der Waals surface area contributed by atoms with Crippen LogP contribution in [0.25, 0.3) is 0 Å². The second-order valence-electron chi connectivity index (χ2n) is 3.78. The molecule has 1 aromatic rings. The van der Waals surface area contributed by atoms with Gasteiger partial charge in [0.05, 0.1) is 18.3 Å². The number of aromatic nitrogens is 1. The van der Waals surface area contributed by atoms with E-state index in [9.17, 15) is 14.4 Å². The van der Waals surface area contributed by atoms with Crippen LogP contribution in [-0.2, 0) is 9.59 Å². The van der Waals surface area contributed by atoms with Crippen LogP contribution in [0.4, 0.5) is 10.5 Å². The molecule has 0 aliphatic rings. The summed E-state index contributed by atoms with van der Waals surface area (Å²) in [4.78, 5) is 36.6. The molecule has 0 radical (unpaired) electrons. The van der Waals surface area contributed by atoms with Gasteiger partial charge in [-0.3, -0.25) is 9.78 Å². The summed E-state index contributed by atoms with van der Waals surface area (Å²) in [6.45, 7) is 1.74. The Hall–Kier alpha value is -2.64. The SMILES string of the molecule is Cc1ccncc1NC(=O)NC(CC(=O)O)C(=O)O. The second-order valence-corrected chi connectivity index (χ2v) is 3.78. The molecule has 0 spiro atoms. The number of aryl methyl sites for hydroxylation is 1. The summed E-state index contributed by atoms with van der Waals surface area (Å²) >= 11 is 0. The molecule has 1 unspecified atom stereocenters. The van der Waals surface area contributed by atoms with Gasteiger partial charge >= 0.3 is 18.0 Å². The number of carboxylic acid groups (broad SMARTS) is 2. The lowest BCUT2D eigenvalue weighted by atomic mass is 10.2. The average Bonchev–Trinajstić information content (AvgIpc) is 2.30. The highest BCUT2D eigenvalue weighted by atomic mass is 16.4. The number of amides is 2. The molecule has 0 aromatic carbocycles. The van der Waals surface area contributed by atoms with Crippen LogP contribution < -0.4 is 10.6 Å². The zero-order valence-corrected chi connectivity index (χ0v) is 10.1. The molecular weight excluding hydrogens is 254 g/mol. The van der Waals surface area contributed by atoms with Crippen molar-refractivity contribution in [3.05, 3.63) is 24.0 Å². The predicted octanol–water partition coefficient (Wildman–Crippen LogP) is 0.439. The van der Waals surface area contributed by atoms with Crippen LogP contribution in [0.5, 0.6) is 0 Å². The van der Waals surface area contributed by atoms with Gasteiger partial charge in [-0.1, -0.05) is 0 Å². The summed E-state index contributed by atoms with van der Waals surface area (Å²) in [5.41, 5.74) is 1.16. The first kappa shape index (κ1) is 14.4. The first-order valence-electron chi connectivity index (χ1n) is 5.33. The number of hydrogen-bond acceptors (Lipinski definition) is 4. The molecule has 1 atom stereocenters. The van der Waals surface area contributed by atoms with Gasteiger partial charge in [-0.15, -0.1) is 0 Å². The quantitative estimate of drug-likeness (QED) is 0.612. The number of rotatable bonds is 5. The van der Waals surface area contributed by atoms with E-state index < -0.39 is 30.4 Å². The maximum absolute atomic E-state index is 11.6. The Kier molecular flexibility index (Phi) is 4.81. The first-order valence-corrected chi connectivity index (χ1v) is 5.33. The summed E-state index contributed by atoms with van der Waals surface area (Å²) in [5.74, 6) is -2.73. The van der Waals surface area contributed by atoms with E-state index in [0.717, 1.165) is 5.56 Å². The molecule has 1 aromatic heterocycles. The van der Waals surface area contributed by atoms with Crippen molar-refractivity contribution >= 4 is 23.7 Å². The van der Waals surface area contributed by atoms with Crippen LogP contribution in [0.15, 0.2) is 18.5 Å². The van der Waals surface area contributed by atoms with Crippen molar-refractivity contribution < 1.29 is 24.6 Å². The Balaban J connectivity index is 2.65. The Morgan fingerprint density at radius 2 is 2.05 bits per heavy atom. The van der Waals surface area contributed by atoms with Crippen molar-refractivity contribution in [3.8, 4) is 0 Å². The third-order valence-electron chi connectivity index (χ3n) is 2.27. The van der Waals surface area contributed by atoms with Crippen molar-refractivity contribution in [2.24, 2.45) is 0 Å². The minimum absolute atomic E-state index is 0.416. The summed E-state index contributed by atoms with van der Waals surface area (Å²) in [6, 6.07) is -0.624. The number of urea groups is 1. The van der Waals surface area contributed by atoms with Crippen molar-refractivity contribution in [1.82, 2.24) is 10.3 Å². The summed E-state index contributed by atoms with van der Waals surface area (Å²) in [5, 5.41) is 21.8. The first-order chi connectivity index (χ1) is 8.90. The van der Waals surface area contributed by atoms with E-state index in [-0.39, 0.29) is 0 Å². The largest absolute Gasteiger partial charge is 0.481 e. The topological polar surface area (TPSA) is 129 Å². The monoisotopic (exact) mass is 267 g/mol. The maximum Gasteiger partial charge on any atom is 0.326 e. The lowest BCUT2D eigenvalue weighted by molar-refractivity contribution is -0.145. The van der Waals surface area contributed by atoms with Gasteiger partial charge in [0, 0.05) is 6.20 Å². The average molecular weight is 267 g/mol. The van der Waals surface area contributed by atoms with Gasteiger partial charge in [-0.25, -0.2) is 9.59 Å². The predicted molar refractivity (Wildman–Crippen MR) is 64.8 cm³/mol. The van der Waals surface area contributed by atoms with Crippen molar-refractivity contribution in [2.75, 3.05) is 5.32 Å². The lowest BCUT2D eigenvalue weighted by Crippen LogP contribution is -2.44. The zero-order valence-electron chi connectivity index (χ0n) is 10.1. The highest BCUT2D eigenvalue weighted by molar-refractivity contribution is 5.93. The van der Waals surface area contributed by atoms with Gasteiger partial charge in [0.25, 0.3) is 0 Å². The molecule has 19 heavy (non-hydrogen) atoms. The van der Waals surface area contributed by atoms with E-state index >= 15 is 0 Å². The number of anilines is 1. The molecule has 0 fully saturated rings. The number of pyridine rings is 1. The highest BCUT2D eigenvalue weighted by Crippen LogP contribution is 2.10. The Morgan fingerprint density at radius 1 is 1.37 bits per heavy atom. The van der Waals surface area contributed by atoms with Gasteiger partial charge < -0.3 is 20.8 Å². The number of nitrogens with one attached hydrogen (secondary N) is 2. The third-order valence-corrected chi connectivity index (χ3v) is 2.27. The molecule has 1 rings (SSSR count). The lowest BCUT2D eigenvalue weighted by Gasteiger charge is -2.13. The molecule has 0 aliphatic heterocycles. The highest BCUT2D eigenvalue weighted by Gasteiger charge is 2.23. The number of carbonyl (C=O) groups excluding carboxylic acids is 1. The van der Waals surface area contributed by atoms with Crippen molar-refractivity contribution in [3.63, 3.8) is 0 Å². The minimum Gasteiger partial charge on any atom is -0.481 e. The fraction of sp³-hybridized carbons (Fsp3) is 0.273. The van der Waals surface area contributed by atoms with E-state index in [0.29, 0.717) is 5.69 Å². The van der Waals surface area contributed by atoms with Gasteiger partial charge in [0.1, 0.15) is 6.04 Å². The molecule has 0 saturated heterocycles. The van der Waals surface area contributed by atoms with Gasteiger partial charge in [0.2, 0.25) is 0 Å². The number of aliphatic carboxylic acids is 2. The molecule has 0 aliphatic carbocycles. The van der Waals surface area contributed by atoms with Gasteiger partial charge in [-0.05, 0) is 18.6 Å². The van der Waals surface area contributed by atoms with Crippen LogP contribution in [0, 0.1) is 6.92 Å². The fourth-order valence-electron chi connectivity index (χ4n) is 1.29. The number of carboxylic acids is 2. The summed E-state index contributed by atoms with van der Waals surface area (Å²) in [7, 11) is 0. The second kappa shape index (κ2) is 6.34. The summed E-state index contributed by atoms with van der Waals surface area (Å²) < 4.78 is 0. The molecule has 8 heteroatoms. The van der Waals surface area contributed by atoms with E-state index in [1.807, 2.05) is 0 Å². The molecule has 8 nitrogen and oxygen atoms in total. The molecule has 0 saturated carbocycles.